The van der Waals surface area contributed by atoms with Crippen molar-refractivity contribution in [2.75, 3.05) is 6.61 Å². The molecule has 0 aromatic carbocycles. The number of nitrogens with one attached hydrogen (secondary N) is 2. The first kappa shape index (κ1) is 9.02. The highest BCUT2D eigenvalue weighted by Gasteiger charge is 2.04. The van der Waals surface area contributed by atoms with E-state index in [4.69, 9.17) is 16.7 Å². The van der Waals surface area contributed by atoms with Crippen LogP contribution in [-0.2, 0) is 6.42 Å². The molecule has 1 aromatic rings. The smallest absolute Gasteiger partial charge is 0.325 e. The topological polar surface area (TPSA) is 85.9 Å². The minimum atomic E-state index is -0.635. The Morgan fingerprint density at radius 2 is 2.00 bits per heavy atom. The van der Waals surface area contributed by atoms with Gasteiger partial charge in [-0.2, -0.15) is 0 Å². The Balaban J connectivity index is 3.28. The number of hydrogen-bond acceptors (Lipinski definition) is 3. The summed E-state index contributed by atoms with van der Waals surface area (Å²) in [5.74, 6) is 0. The zero-order valence-electron chi connectivity index (χ0n) is 6.06. The van der Waals surface area contributed by atoms with Crippen molar-refractivity contribution in [3.63, 3.8) is 0 Å². The number of aromatic nitrogens is 2. The van der Waals surface area contributed by atoms with Crippen LogP contribution in [0.25, 0.3) is 0 Å². The van der Waals surface area contributed by atoms with Gasteiger partial charge in [-0.05, 0) is 0 Å². The van der Waals surface area contributed by atoms with E-state index in [0.29, 0.717) is 0 Å². The van der Waals surface area contributed by atoms with Crippen LogP contribution in [0, 0.1) is 0 Å². The van der Waals surface area contributed by atoms with Crippen LogP contribution < -0.4 is 11.2 Å². The average Bonchev–Trinajstić information content (AvgIpc) is 2.00. The van der Waals surface area contributed by atoms with Crippen molar-refractivity contribution in [1.82, 2.24) is 9.97 Å². The number of aromatic amines is 2. The van der Waals surface area contributed by atoms with Crippen LogP contribution in [0.5, 0.6) is 0 Å². The number of aliphatic hydroxyl groups is 1. The van der Waals surface area contributed by atoms with Crippen molar-refractivity contribution in [2.45, 2.75) is 6.42 Å². The normalized spacial score (nSPS) is 10.2. The zero-order chi connectivity index (χ0) is 9.14. The molecule has 0 unspecified atom stereocenters. The number of H-pyrrole nitrogens is 2. The molecule has 0 radical (unpaired) electrons. The lowest BCUT2D eigenvalue weighted by Gasteiger charge is -1.98. The van der Waals surface area contributed by atoms with Gasteiger partial charge in [-0.25, -0.2) is 4.79 Å². The molecular weight excluding hydrogens is 184 g/mol. The zero-order valence-corrected chi connectivity index (χ0v) is 6.81. The maximum atomic E-state index is 10.8. The largest absolute Gasteiger partial charge is 0.396 e. The van der Waals surface area contributed by atoms with E-state index in [0.717, 1.165) is 0 Å². The Morgan fingerprint density at radius 3 is 2.58 bits per heavy atom. The molecule has 0 aliphatic heterocycles. The second-order valence-electron chi connectivity index (χ2n) is 2.17. The standard InChI is InChI=1S/C6H7ClN2O3/c7-4-3(1-2-10)8-6(12)9-5(4)11/h10H,1-2H2,(H2,8,9,11,12). The molecule has 0 aliphatic carbocycles. The third kappa shape index (κ3) is 1.75. The van der Waals surface area contributed by atoms with Gasteiger partial charge in [0.1, 0.15) is 5.02 Å². The van der Waals surface area contributed by atoms with Crippen molar-refractivity contribution < 1.29 is 5.11 Å². The molecule has 0 bridgehead atoms. The SMILES string of the molecule is O=c1[nH]c(CCO)c(Cl)c(=O)[nH]1. The molecule has 1 rings (SSSR count). The molecule has 5 nitrogen and oxygen atoms in total. The van der Waals surface area contributed by atoms with Crippen LogP contribution in [0.15, 0.2) is 9.59 Å². The van der Waals surface area contributed by atoms with Gasteiger partial charge in [-0.3, -0.25) is 9.78 Å². The van der Waals surface area contributed by atoms with E-state index < -0.39 is 11.2 Å². The fourth-order valence-electron chi connectivity index (χ4n) is 0.802. The van der Waals surface area contributed by atoms with Crippen LogP contribution >= 0.6 is 11.6 Å². The van der Waals surface area contributed by atoms with E-state index in [-0.39, 0.29) is 23.7 Å². The quantitative estimate of drug-likeness (QED) is 0.574. The highest BCUT2D eigenvalue weighted by molar-refractivity contribution is 6.30. The van der Waals surface area contributed by atoms with Crippen molar-refractivity contribution in [3.8, 4) is 0 Å². The summed E-state index contributed by atoms with van der Waals surface area (Å²) in [5.41, 5.74) is -0.996. The van der Waals surface area contributed by atoms with Crippen LogP contribution in [0.4, 0.5) is 0 Å². The molecule has 1 aromatic heterocycles. The third-order valence-corrected chi connectivity index (χ3v) is 1.72. The molecule has 3 N–H and O–H groups in total. The van der Waals surface area contributed by atoms with Gasteiger partial charge < -0.3 is 10.1 Å². The minimum absolute atomic E-state index is 0.0800. The molecule has 0 spiro atoms. The Hall–Kier alpha value is -1.07. The summed E-state index contributed by atoms with van der Waals surface area (Å²) in [6.07, 6.45) is 0.165. The predicted octanol–water partition coefficient (Wildman–Crippen LogP) is -0.749. The summed E-state index contributed by atoms with van der Waals surface area (Å²) in [6.45, 7) is -0.168. The lowest BCUT2D eigenvalue weighted by atomic mass is 10.3. The van der Waals surface area contributed by atoms with Gasteiger partial charge in [0, 0.05) is 18.7 Å². The van der Waals surface area contributed by atoms with Crippen molar-refractivity contribution in [3.05, 3.63) is 31.6 Å². The Bertz CT molecular complexity index is 381. The Kier molecular flexibility index (Phi) is 2.67. The van der Waals surface area contributed by atoms with Gasteiger partial charge in [0.15, 0.2) is 0 Å². The van der Waals surface area contributed by atoms with Gasteiger partial charge in [0.2, 0.25) is 0 Å². The summed E-state index contributed by atoms with van der Waals surface area (Å²) in [4.78, 5) is 25.8. The van der Waals surface area contributed by atoms with Crippen molar-refractivity contribution in [2.24, 2.45) is 0 Å². The maximum absolute atomic E-state index is 10.8. The first-order valence-corrected chi connectivity index (χ1v) is 3.64. The van der Waals surface area contributed by atoms with Gasteiger partial charge in [0.05, 0.1) is 0 Å². The fourth-order valence-corrected chi connectivity index (χ4v) is 0.991. The van der Waals surface area contributed by atoms with Crippen LogP contribution in [0.3, 0.4) is 0 Å². The molecule has 1 heterocycles. The molecule has 66 valence electrons. The monoisotopic (exact) mass is 190 g/mol. The van der Waals surface area contributed by atoms with Crippen molar-refractivity contribution in [1.29, 1.82) is 0 Å². The van der Waals surface area contributed by atoms with E-state index in [1.807, 2.05) is 4.98 Å². The highest BCUT2D eigenvalue weighted by atomic mass is 35.5. The van der Waals surface area contributed by atoms with E-state index >= 15 is 0 Å². The summed E-state index contributed by atoms with van der Waals surface area (Å²) >= 11 is 5.52. The van der Waals surface area contributed by atoms with E-state index in [1.165, 1.54) is 0 Å². The van der Waals surface area contributed by atoms with E-state index in [1.54, 1.807) is 0 Å². The molecular formula is C6H7ClN2O3. The molecule has 0 fully saturated rings. The molecule has 0 atom stereocenters. The maximum Gasteiger partial charge on any atom is 0.325 e. The Morgan fingerprint density at radius 1 is 1.33 bits per heavy atom. The minimum Gasteiger partial charge on any atom is -0.396 e. The number of aliphatic hydroxyl groups excluding tert-OH is 1. The molecule has 0 amide bonds. The lowest BCUT2D eigenvalue weighted by molar-refractivity contribution is 0.298. The van der Waals surface area contributed by atoms with Gasteiger partial charge in [-0.15, -0.1) is 0 Å². The van der Waals surface area contributed by atoms with Crippen LogP contribution in [0.2, 0.25) is 5.02 Å². The fraction of sp³-hybridized carbons (Fsp3) is 0.333. The van der Waals surface area contributed by atoms with Crippen molar-refractivity contribution >= 4 is 11.6 Å². The summed E-state index contributed by atoms with van der Waals surface area (Å²) in [5, 5.41) is 8.45. The molecule has 0 aliphatic rings. The first-order valence-electron chi connectivity index (χ1n) is 3.27. The second-order valence-corrected chi connectivity index (χ2v) is 2.55. The lowest BCUT2D eigenvalue weighted by Crippen LogP contribution is -2.25. The first-order chi connectivity index (χ1) is 5.65. The van der Waals surface area contributed by atoms with E-state index in [2.05, 4.69) is 4.98 Å². The highest BCUT2D eigenvalue weighted by Crippen LogP contribution is 2.04. The molecule has 0 saturated heterocycles. The van der Waals surface area contributed by atoms with Crippen LogP contribution in [-0.4, -0.2) is 21.7 Å². The summed E-state index contributed by atoms with van der Waals surface area (Å²) in [6, 6.07) is 0. The van der Waals surface area contributed by atoms with E-state index in [9.17, 15) is 9.59 Å². The molecule has 0 saturated carbocycles. The number of hydrogen-bond donors (Lipinski definition) is 3. The Labute approximate surface area is 72.0 Å². The molecule has 12 heavy (non-hydrogen) atoms. The summed E-state index contributed by atoms with van der Waals surface area (Å²) in [7, 11) is 0. The number of halogens is 1. The predicted molar refractivity (Wildman–Crippen MR) is 43.5 cm³/mol. The second kappa shape index (κ2) is 3.55. The van der Waals surface area contributed by atoms with Gasteiger partial charge in [0.25, 0.3) is 5.56 Å². The van der Waals surface area contributed by atoms with Gasteiger partial charge >= 0.3 is 5.69 Å². The summed E-state index contributed by atoms with van der Waals surface area (Å²) < 4.78 is 0. The van der Waals surface area contributed by atoms with Crippen LogP contribution in [0.1, 0.15) is 5.69 Å². The number of rotatable bonds is 2. The van der Waals surface area contributed by atoms with Gasteiger partial charge in [-0.1, -0.05) is 11.6 Å². The third-order valence-electron chi connectivity index (χ3n) is 1.32. The average molecular weight is 191 g/mol. The molecule has 6 heteroatoms.